The van der Waals surface area contributed by atoms with E-state index in [9.17, 15) is 0 Å². The summed E-state index contributed by atoms with van der Waals surface area (Å²) in [5.41, 5.74) is 3.52. The third kappa shape index (κ3) is 8.50. The molecule has 3 aromatic rings. The summed E-state index contributed by atoms with van der Waals surface area (Å²) in [5, 5.41) is 2.09. The van der Waals surface area contributed by atoms with Gasteiger partial charge < -0.3 is 19.1 Å². The molecule has 5 rings (SSSR count). The minimum absolute atomic E-state index is 0.591. The monoisotopic (exact) mass is 603 g/mol. The Morgan fingerprint density at radius 2 is 1.30 bits per heavy atom. The van der Waals surface area contributed by atoms with Gasteiger partial charge in [0.05, 0.1) is 16.3 Å². The molecule has 0 spiro atoms. The molecule has 1 atom stereocenters. The number of thiophene rings is 1. The predicted octanol–water partition coefficient (Wildman–Crippen LogP) is 12.3. The first-order chi connectivity index (χ1) is 21.3. The molecule has 0 N–H and O–H groups in total. The first kappa shape index (κ1) is 31.8. The molecule has 0 amide bonds. The maximum absolute atomic E-state index is 6.55. The van der Waals surface area contributed by atoms with Gasteiger partial charge in [0.15, 0.2) is 23.0 Å². The number of ether oxygens (including phenoxy) is 3. The number of unbranched alkanes of at least 4 members (excludes halogenated alkanes) is 12. The van der Waals surface area contributed by atoms with Gasteiger partial charge >= 0.3 is 0 Å². The summed E-state index contributed by atoms with van der Waals surface area (Å²) in [5.74, 6) is 4.27. The van der Waals surface area contributed by atoms with Crippen LogP contribution >= 0.6 is 11.3 Å². The van der Waals surface area contributed by atoms with Crippen molar-refractivity contribution < 1.29 is 14.2 Å². The topological polar surface area (TPSA) is 30.9 Å². The molecule has 43 heavy (non-hydrogen) atoms. The van der Waals surface area contributed by atoms with Crippen LogP contribution in [0.2, 0.25) is 0 Å². The van der Waals surface area contributed by atoms with Crippen molar-refractivity contribution in [1.29, 1.82) is 0 Å². The Balaban J connectivity index is 1.36. The number of anilines is 2. The van der Waals surface area contributed by atoms with Gasteiger partial charge in [0.2, 0.25) is 0 Å². The maximum Gasteiger partial charge on any atom is 0.180 e. The maximum atomic E-state index is 6.55. The van der Waals surface area contributed by atoms with Crippen molar-refractivity contribution in [2.45, 2.75) is 117 Å². The van der Waals surface area contributed by atoms with E-state index in [4.69, 9.17) is 14.2 Å². The fourth-order valence-corrected chi connectivity index (χ4v) is 7.63. The Morgan fingerprint density at radius 3 is 2.02 bits per heavy atom. The summed E-state index contributed by atoms with van der Waals surface area (Å²) in [4.78, 5) is 3.71. The highest BCUT2D eigenvalue weighted by Gasteiger charge is 2.31. The summed E-state index contributed by atoms with van der Waals surface area (Å²) in [7, 11) is 0. The van der Waals surface area contributed by atoms with E-state index in [0.29, 0.717) is 19.1 Å². The Hall–Kier alpha value is -2.66. The molecule has 0 radical (unpaired) electrons. The lowest BCUT2D eigenvalue weighted by Gasteiger charge is -2.37. The lowest BCUT2D eigenvalue weighted by atomic mass is 9.92. The van der Waals surface area contributed by atoms with E-state index in [0.717, 1.165) is 34.4 Å². The molecule has 0 bridgehead atoms. The lowest BCUT2D eigenvalue weighted by molar-refractivity contribution is 0.174. The molecular weight excluding hydrogens is 550 g/mol. The first-order valence-corrected chi connectivity index (χ1v) is 18.2. The third-order valence-electron chi connectivity index (χ3n) is 9.06. The van der Waals surface area contributed by atoms with Crippen LogP contribution in [0.3, 0.4) is 0 Å². The summed E-state index contributed by atoms with van der Waals surface area (Å²) >= 11 is 1.71. The quantitative estimate of drug-likeness (QED) is 0.128. The van der Waals surface area contributed by atoms with Crippen LogP contribution < -0.4 is 19.1 Å². The van der Waals surface area contributed by atoms with Gasteiger partial charge in [-0.05, 0) is 37.0 Å². The van der Waals surface area contributed by atoms with Gasteiger partial charge in [-0.3, -0.25) is 0 Å². The highest BCUT2D eigenvalue weighted by molar-refractivity contribution is 7.14. The molecule has 4 nitrogen and oxygen atoms in total. The van der Waals surface area contributed by atoms with Crippen LogP contribution in [-0.4, -0.2) is 19.8 Å². The van der Waals surface area contributed by atoms with Crippen LogP contribution in [0.5, 0.6) is 23.0 Å². The second kappa shape index (κ2) is 17.0. The van der Waals surface area contributed by atoms with E-state index in [2.05, 4.69) is 66.6 Å². The van der Waals surface area contributed by atoms with Crippen LogP contribution in [0.4, 0.5) is 11.4 Å². The molecule has 0 saturated carbocycles. The minimum atomic E-state index is 0.591. The fraction of sp³-hybridized carbons (Fsp3) is 0.579. The summed E-state index contributed by atoms with van der Waals surface area (Å²) in [6.45, 7) is 6.82. The summed E-state index contributed by atoms with van der Waals surface area (Å²) < 4.78 is 18.6. The zero-order valence-corrected chi connectivity index (χ0v) is 27.5. The second-order valence-corrected chi connectivity index (χ2v) is 13.4. The Labute approximate surface area is 264 Å². The van der Waals surface area contributed by atoms with Crippen molar-refractivity contribution >= 4 is 22.7 Å². The van der Waals surface area contributed by atoms with Crippen LogP contribution in [0.25, 0.3) is 10.4 Å². The van der Waals surface area contributed by atoms with Gasteiger partial charge in [-0.15, -0.1) is 11.3 Å². The van der Waals surface area contributed by atoms with E-state index in [-0.39, 0.29) is 0 Å². The molecule has 0 saturated heterocycles. The van der Waals surface area contributed by atoms with Gasteiger partial charge in [0, 0.05) is 17.5 Å². The molecule has 3 heterocycles. The molecule has 2 aliphatic rings. The van der Waals surface area contributed by atoms with E-state index in [1.165, 1.54) is 120 Å². The van der Waals surface area contributed by atoms with Gasteiger partial charge in [0.25, 0.3) is 0 Å². The molecule has 0 aliphatic carbocycles. The Kier molecular flexibility index (Phi) is 12.5. The number of fused-ring (bicyclic) bond motifs is 3. The zero-order valence-electron chi connectivity index (χ0n) is 26.7. The van der Waals surface area contributed by atoms with Gasteiger partial charge in [-0.1, -0.05) is 128 Å². The van der Waals surface area contributed by atoms with Crippen molar-refractivity contribution in [2.24, 2.45) is 5.92 Å². The van der Waals surface area contributed by atoms with Crippen LogP contribution in [0, 0.1) is 5.92 Å². The van der Waals surface area contributed by atoms with Crippen molar-refractivity contribution in [1.82, 2.24) is 0 Å². The van der Waals surface area contributed by atoms with E-state index < -0.39 is 0 Å². The fourth-order valence-electron chi connectivity index (χ4n) is 6.68. The number of hydrogen-bond acceptors (Lipinski definition) is 5. The molecule has 5 heteroatoms. The predicted molar refractivity (Wildman–Crippen MR) is 183 cm³/mol. The van der Waals surface area contributed by atoms with Crippen molar-refractivity contribution in [3.05, 3.63) is 47.8 Å². The first-order valence-electron chi connectivity index (χ1n) is 17.3. The highest BCUT2D eigenvalue weighted by Crippen LogP contribution is 2.55. The molecule has 2 aromatic carbocycles. The van der Waals surface area contributed by atoms with Crippen LogP contribution in [0.15, 0.2) is 47.8 Å². The second-order valence-electron chi connectivity index (χ2n) is 12.5. The molecule has 1 aromatic heterocycles. The standard InChI is InChI=1S/C38H53NO3S/c1-3-5-7-9-11-12-14-16-21-30(20-15-13-10-8-6-4-2)28-39-32-23-17-18-24-33(32)42-34-25-19-22-31(36(34)39)38-37-35(29-43-38)40-26-27-41-37/h17-19,22-25,29-30H,3-16,20-21,26-28H2,1-2H3. The largest absolute Gasteiger partial charge is 0.485 e. The molecule has 2 aliphatic heterocycles. The average Bonchev–Trinajstić information content (AvgIpc) is 3.47. The molecule has 234 valence electrons. The van der Waals surface area contributed by atoms with Crippen molar-refractivity contribution in [3.8, 4) is 33.4 Å². The number of benzene rings is 2. The van der Waals surface area contributed by atoms with Crippen molar-refractivity contribution in [2.75, 3.05) is 24.7 Å². The highest BCUT2D eigenvalue weighted by atomic mass is 32.1. The SMILES string of the molecule is CCCCCCCCCCC(CCCCCCCC)CN1c2ccccc2Oc2cccc(-c3scc4c3OCCO4)c21. The number of hydrogen-bond donors (Lipinski definition) is 0. The normalized spacial score (nSPS) is 14.2. The van der Waals surface area contributed by atoms with Gasteiger partial charge in [-0.2, -0.15) is 0 Å². The molecular formula is C38H53NO3S. The average molecular weight is 604 g/mol. The van der Waals surface area contributed by atoms with E-state index in [1.54, 1.807) is 11.3 Å². The summed E-state index contributed by atoms with van der Waals surface area (Å²) in [6, 6.07) is 15.0. The van der Waals surface area contributed by atoms with Gasteiger partial charge in [0.1, 0.15) is 13.2 Å². The molecule has 1 unspecified atom stereocenters. The zero-order chi connectivity index (χ0) is 29.7. The van der Waals surface area contributed by atoms with Crippen LogP contribution in [-0.2, 0) is 0 Å². The number of para-hydroxylation sites is 3. The van der Waals surface area contributed by atoms with Crippen molar-refractivity contribution in [3.63, 3.8) is 0 Å². The Morgan fingerprint density at radius 1 is 0.674 bits per heavy atom. The lowest BCUT2D eigenvalue weighted by Crippen LogP contribution is -2.28. The Bertz CT molecular complexity index is 1250. The smallest absolute Gasteiger partial charge is 0.180 e. The van der Waals surface area contributed by atoms with Crippen LogP contribution in [0.1, 0.15) is 117 Å². The number of rotatable bonds is 19. The minimum Gasteiger partial charge on any atom is -0.485 e. The van der Waals surface area contributed by atoms with E-state index in [1.807, 2.05) is 0 Å². The molecule has 0 fully saturated rings. The number of nitrogens with zero attached hydrogens (tertiary/aromatic N) is 1. The third-order valence-corrected chi connectivity index (χ3v) is 10.0. The van der Waals surface area contributed by atoms with Gasteiger partial charge in [-0.25, -0.2) is 0 Å². The van der Waals surface area contributed by atoms with E-state index >= 15 is 0 Å². The summed E-state index contributed by atoms with van der Waals surface area (Å²) in [6.07, 6.45) is 21.7.